The molecule has 0 aliphatic heterocycles. The fourth-order valence-electron chi connectivity index (χ4n) is 1.61. The van der Waals surface area contributed by atoms with Gasteiger partial charge in [-0.2, -0.15) is 0 Å². The topological polar surface area (TPSA) is 59.6 Å². The molecule has 0 aliphatic rings. The summed E-state index contributed by atoms with van der Waals surface area (Å²) < 4.78 is 17.8. The Hall–Kier alpha value is -0.890. The van der Waals surface area contributed by atoms with Gasteiger partial charge in [0, 0.05) is 19.1 Å². The van der Waals surface area contributed by atoms with Crippen LogP contribution in [0.5, 0.6) is 0 Å². The molecule has 0 atom stereocenters. The van der Waals surface area contributed by atoms with Crippen molar-refractivity contribution in [3.05, 3.63) is 35.6 Å². The molecule has 0 unspecified atom stereocenters. The van der Waals surface area contributed by atoms with Crippen LogP contribution in [0.2, 0.25) is 0 Å². The number of nitrogens with two attached hydrogens (primary N) is 1. The van der Waals surface area contributed by atoms with E-state index in [1.165, 1.54) is 12.1 Å². The van der Waals surface area contributed by atoms with Gasteiger partial charge in [-0.25, -0.2) is 4.39 Å². The maximum absolute atomic E-state index is 12.9. The van der Waals surface area contributed by atoms with Crippen molar-refractivity contribution in [3.8, 4) is 0 Å². The third-order valence-electron chi connectivity index (χ3n) is 2.88. The molecule has 0 aromatic heterocycles. The van der Waals surface area contributed by atoms with Crippen molar-refractivity contribution in [2.75, 3.05) is 26.8 Å². The van der Waals surface area contributed by atoms with Crippen LogP contribution in [0.4, 0.5) is 4.39 Å². The third-order valence-corrected chi connectivity index (χ3v) is 2.88. The van der Waals surface area contributed by atoms with Gasteiger partial charge in [0.2, 0.25) is 0 Å². The minimum atomic E-state index is -0.233. The molecule has 0 radical (unpaired) electrons. The first-order valence-electron chi connectivity index (χ1n) is 6.24. The van der Waals surface area contributed by atoms with Crippen LogP contribution in [-0.4, -0.2) is 32.8 Å². The van der Waals surface area contributed by atoms with Crippen molar-refractivity contribution in [2.45, 2.75) is 19.3 Å². The highest BCUT2D eigenvalue weighted by Crippen LogP contribution is 2.23. The van der Waals surface area contributed by atoms with Gasteiger partial charge in [0.05, 0.1) is 13.2 Å². The number of benzene rings is 1. The van der Waals surface area contributed by atoms with E-state index in [2.05, 4.69) is 10.3 Å². The van der Waals surface area contributed by atoms with Gasteiger partial charge in [-0.3, -0.25) is 4.99 Å². The minimum Gasteiger partial charge on any atom is -0.383 e. The molecule has 0 aliphatic carbocycles. The summed E-state index contributed by atoms with van der Waals surface area (Å²) in [5.41, 5.74) is 6.58. The lowest BCUT2D eigenvalue weighted by molar-refractivity contribution is 0.204. The van der Waals surface area contributed by atoms with Crippen molar-refractivity contribution < 1.29 is 9.13 Å². The lowest BCUT2D eigenvalue weighted by atomic mass is 9.85. The maximum Gasteiger partial charge on any atom is 0.188 e. The highest BCUT2D eigenvalue weighted by atomic mass is 127. The average molecular weight is 395 g/mol. The molecule has 0 amide bonds. The first kappa shape index (κ1) is 19.1. The molecule has 0 saturated heterocycles. The fourth-order valence-corrected chi connectivity index (χ4v) is 1.61. The number of nitrogens with one attached hydrogen (secondary N) is 1. The molecule has 0 fully saturated rings. The maximum atomic E-state index is 12.9. The van der Waals surface area contributed by atoms with Crippen LogP contribution in [0.25, 0.3) is 0 Å². The standard InChI is InChI=1S/C14H22FN3O.HI/c1-14(2,11-4-6-12(15)7-5-11)10-18-13(16)17-8-9-19-3;/h4-7H,8-10H2,1-3H3,(H3,16,17,18);1H. The van der Waals surface area contributed by atoms with Crippen LogP contribution in [0, 0.1) is 5.82 Å². The monoisotopic (exact) mass is 395 g/mol. The summed E-state index contributed by atoms with van der Waals surface area (Å²) in [6.45, 7) is 5.84. The second-order valence-corrected chi connectivity index (χ2v) is 5.01. The normalized spacial score (nSPS) is 11.9. The molecule has 0 saturated carbocycles. The summed E-state index contributed by atoms with van der Waals surface area (Å²) in [6, 6.07) is 6.47. The number of halogens is 2. The molecule has 1 rings (SSSR count). The SMILES string of the molecule is COCCNC(N)=NCC(C)(C)c1ccc(F)cc1.I. The molecule has 114 valence electrons. The first-order valence-corrected chi connectivity index (χ1v) is 6.24. The molecule has 0 heterocycles. The Morgan fingerprint density at radius 3 is 2.50 bits per heavy atom. The van der Waals surface area contributed by atoms with Gasteiger partial charge in [0.15, 0.2) is 5.96 Å². The van der Waals surface area contributed by atoms with Gasteiger partial charge in [-0.15, -0.1) is 24.0 Å². The molecule has 20 heavy (non-hydrogen) atoms. The van der Waals surface area contributed by atoms with Gasteiger partial charge in [0.1, 0.15) is 5.82 Å². The Morgan fingerprint density at radius 2 is 1.95 bits per heavy atom. The van der Waals surface area contributed by atoms with Gasteiger partial charge >= 0.3 is 0 Å². The van der Waals surface area contributed by atoms with E-state index in [0.717, 1.165) is 5.56 Å². The summed E-state index contributed by atoms with van der Waals surface area (Å²) in [7, 11) is 1.63. The summed E-state index contributed by atoms with van der Waals surface area (Å²) in [6.07, 6.45) is 0. The fraction of sp³-hybridized carbons (Fsp3) is 0.500. The largest absolute Gasteiger partial charge is 0.383 e. The van der Waals surface area contributed by atoms with E-state index >= 15 is 0 Å². The van der Waals surface area contributed by atoms with Crippen LogP contribution in [0.3, 0.4) is 0 Å². The Morgan fingerprint density at radius 1 is 1.35 bits per heavy atom. The zero-order valence-electron chi connectivity index (χ0n) is 12.1. The highest BCUT2D eigenvalue weighted by Gasteiger charge is 2.20. The van der Waals surface area contributed by atoms with Gasteiger partial charge in [-0.1, -0.05) is 26.0 Å². The Kier molecular flexibility index (Phi) is 8.71. The second kappa shape index (κ2) is 9.12. The molecule has 1 aromatic rings. The van der Waals surface area contributed by atoms with Crippen LogP contribution in [-0.2, 0) is 10.2 Å². The quantitative estimate of drug-likeness (QED) is 0.336. The number of guanidine groups is 1. The predicted octanol–water partition coefficient (Wildman–Crippen LogP) is 2.27. The molecule has 4 nitrogen and oxygen atoms in total. The third kappa shape index (κ3) is 6.51. The summed E-state index contributed by atoms with van der Waals surface area (Å²) in [5.74, 6) is 0.163. The van der Waals surface area contributed by atoms with Crippen molar-refractivity contribution in [1.29, 1.82) is 0 Å². The lowest BCUT2D eigenvalue weighted by Gasteiger charge is -2.23. The van der Waals surface area contributed by atoms with Crippen molar-refractivity contribution in [2.24, 2.45) is 10.7 Å². The summed E-state index contributed by atoms with van der Waals surface area (Å²) >= 11 is 0. The molecule has 6 heteroatoms. The molecule has 0 bridgehead atoms. The molecular weight excluding hydrogens is 372 g/mol. The number of rotatable bonds is 6. The van der Waals surface area contributed by atoms with Crippen molar-refractivity contribution in [3.63, 3.8) is 0 Å². The Labute approximate surface area is 137 Å². The van der Waals surface area contributed by atoms with E-state index in [-0.39, 0.29) is 35.2 Å². The van der Waals surface area contributed by atoms with Gasteiger partial charge in [-0.05, 0) is 17.7 Å². The number of hydrogen-bond acceptors (Lipinski definition) is 2. The summed E-state index contributed by atoms with van der Waals surface area (Å²) in [5, 5.41) is 2.96. The zero-order valence-corrected chi connectivity index (χ0v) is 14.5. The van der Waals surface area contributed by atoms with Crippen molar-refractivity contribution >= 4 is 29.9 Å². The molecular formula is C14H23FIN3O. The smallest absolute Gasteiger partial charge is 0.188 e. The average Bonchev–Trinajstić information content (AvgIpc) is 2.37. The Bertz CT molecular complexity index is 421. The first-order chi connectivity index (χ1) is 8.95. The number of aliphatic imine (C=N–C) groups is 1. The molecule has 3 N–H and O–H groups in total. The van der Waals surface area contributed by atoms with E-state index in [9.17, 15) is 4.39 Å². The van der Waals surface area contributed by atoms with E-state index in [0.29, 0.717) is 25.7 Å². The van der Waals surface area contributed by atoms with Crippen LogP contribution < -0.4 is 11.1 Å². The van der Waals surface area contributed by atoms with Crippen LogP contribution >= 0.6 is 24.0 Å². The zero-order chi connectivity index (χ0) is 14.3. The van der Waals surface area contributed by atoms with E-state index in [4.69, 9.17) is 10.5 Å². The lowest BCUT2D eigenvalue weighted by Crippen LogP contribution is -2.35. The number of nitrogens with zero attached hydrogens (tertiary/aromatic N) is 1. The van der Waals surface area contributed by atoms with E-state index < -0.39 is 0 Å². The molecule has 0 spiro atoms. The highest BCUT2D eigenvalue weighted by molar-refractivity contribution is 14.0. The van der Waals surface area contributed by atoms with Crippen LogP contribution in [0.1, 0.15) is 19.4 Å². The number of ether oxygens (including phenoxy) is 1. The van der Waals surface area contributed by atoms with Crippen molar-refractivity contribution in [1.82, 2.24) is 5.32 Å². The molecule has 1 aromatic carbocycles. The number of hydrogen-bond donors (Lipinski definition) is 2. The number of methoxy groups -OCH3 is 1. The van der Waals surface area contributed by atoms with Gasteiger partial charge in [0.25, 0.3) is 0 Å². The second-order valence-electron chi connectivity index (χ2n) is 5.01. The minimum absolute atomic E-state index is 0. The predicted molar refractivity (Wildman–Crippen MR) is 91.2 cm³/mol. The van der Waals surface area contributed by atoms with E-state index in [1.807, 2.05) is 13.8 Å². The van der Waals surface area contributed by atoms with Gasteiger partial charge < -0.3 is 15.8 Å². The summed E-state index contributed by atoms with van der Waals surface area (Å²) in [4.78, 5) is 4.30. The van der Waals surface area contributed by atoms with Crippen LogP contribution in [0.15, 0.2) is 29.3 Å². The Balaban J connectivity index is 0.00000361. The van der Waals surface area contributed by atoms with E-state index in [1.54, 1.807) is 19.2 Å².